The highest BCUT2D eigenvalue weighted by atomic mass is 35.5. The largest absolute Gasteiger partial charge is 0.398 e. The van der Waals surface area contributed by atoms with Gasteiger partial charge in [0.15, 0.2) is 0 Å². The van der Waals surface area contributed by atoms with Gasteiger partial charge in [0.1, 0.15) is 11.9 Å². The molecule has 0 amide bonds. The summed E-state index contributed by atoms with van der Waals surface area (Å²) >= 11 is 5.96. The monoisotopic (exact) mass is 427 g/mol. The number of ether oxygens (including phenoxy) is 1. The number of allylic oxidation sites excluding steroid dienone is 3. The smallest absolute Gasteiger partial charge is 0.216 e. The van der Waals surface area contributed by atoms with E-state index in [1.54, 1.807) is 55.5 Å². The van der Waals surface area contributed by atoms with Gasteiger partial charge < -0.3 is 10.5 Å². The Balaban J connectivity index is 2.45. The molecule has 0 aliphatic carbocycles. The Hall–Kier alpha value is -3.01. The number of hydrogen-bond donors (Lipinski definition) is 1. The minimum Gasteiger partial charge on any atom is -0.398 e. The molecule has 30 heavy (non-hydrogen) atoms. The van der Waals surface area contributed by atoms with E-state index in [0.29, 0.717) is 27.3 Å². The zero-order valence-electron chi connectivity index (χ0n) is 17.0. The minimum atomic E-state index is -1.24. The van der Waals surface area contributed by atoms with Gasteiger partial charge in [-0.25, -0.2) is 4.39 Å². The number of nitrogens with two attached hydrogens (primary N) is 1. The molecule has 0 saturated carbocycles. The second-order valence-electron chi connectivity index (χ2n) is 7.06. The van der Waals surface area contributed by atoms with Crippen molar-refractivity contribution >= 4 is 11.6 Å². The third-order valence-electron chi connectivity index (χ3n) is 4.47. The molecular formula is C23H23ClFN3O2. The molecule has 2 atom stereocenters. The van der Waals surface area contributed by atoms with Gasteiger partial charge in [0, 0.05) is 17.0 Å². The molecule has 2 rings (SSSR count). The van der Waals surface area contributed by atoms with E-state index in [1.807, 2.05) is 13.8 Å². The standard InChI is InChI=1S/C23H23ClFN3O2/c1-14(2)4-11-20(25)21(27)22(16-7-9-19(24)10-8-16)30-23(28-29)17-5-6-18(13-26)15(3)12-17/h4-10,12,22-23H,11,27H2,1-3H3/b21-20+. The Morgan fingerprint density at radius 3 is 2.43 bits per heavy atom. The molecule has 0 radical (unpaired) electrons. The van der Waals surface area contributed by atoms with Crippen LogP contribution in [0.25, 0.3) is 0 Å². The van der Waals surface area contributed by atoms with Gasteiger partial charge in [-0.2, -0.15) is 5.26 Å². The van der Waals surface area contributed by atoms with Crippen molar-refractivity contribution in [3.63, 3.8) is 0 Å². The molecule has 7 heteroatoms. The lowest BCUT2D eigenvalue weighted by Crippen LogP contribution is -2.18. The fourth-order valence-electron chi connectivity index (χ4n) is 2.78. The molecule has 5 nitrogen and oxygen atoms in total. The minimum absolute atomic E-state index is 0.0107. The molecular weight excluding hydrogens is 405 g/mol. The first-order chi connectivity index (χ1) is 14.3. The van der Waals surface area contributed by atoms with E-state index in [0.717, 1.165) is 5.57 Å². The highest BCUT2D eigenvalue weighted by molar-refractivity contribution is 6.30. The Bertz CT molecular complexity index is 1010. The summed E-state index contributed by atoms with van der Waals surface area (Å²) in [4.78, 5) is 11.6. The number of nitriles is 1. The van der Waals surface area contributed by atoms with Gasteiger partial charge in [-0.3, -0.25) is 0 Å². The maximum absolute atomic E-state index is 14.8. The number of hydrogen-bond acceptors (Lipinski definition) is 5. The van der Waals surface area contributed by atoms with Gasteiger partial charge >= 0.3 is 0 Å². The van der Waals surface area contributed by atoms with Crippen molar-refractivity contribution in [2.24, 2.45) is 10.9 Å². The lowest BCUT2D eigenvalue weighted by atomic mass is 10.0. The van der Waals surface area contributed by atoms with Crippen LogP contribution in [-0.4, -0.2) is 0 Å². The van der Waals surface area contributed by atoms with Crippen LogP contribution >= 0.6 is 11.6 Å². The Labute approximate surface area is 180 Å². The van der Waals surface area contributed by atoms with Crippen molar-refractivity contribution in [3.8, 4) is 6.07 Å². The fourth-order valence-corrected chi connectivity index (χ4v) is 2.91. The zero-order chi connectivity index (χ0) is 22.3. The zero-order valence-corrected chi connectivity index (χ0v) is 17.8. The molecule has 0 aliphatic rings. The first-order valence-corrected chi connectivity index (χ1v) is 9.66. The third-order valence-corrected chi connectivity index (χ3v) is 4.73. The van der Waals surface area contributed by atoms with Crippen molar-refractivity contribution in [1.82, 2.24) is 0 Å². The molecule has 2 N–H and O–H groups in total. The highest BCUT2D eigenvalue weighted by Crippen LogP contribution is 2.34. The summed E-state index contributed by atoms with van der Waals surface area (Å²) in [6.07, 6.45) is -0.574. The van der Waals surface area contributed by atoms with Gasteiger partial charge in [-0.1, -0.05) is 47.5 Å². The van der Waals surface area contributed by atoms with E-state index >= 15 is 0 Å². The van der Waals surface area contributed by atoms with Crippen molar-refractivity contribution in [2.45, 2.75) is 39.5 Å². The second kappa shape index (κ2) is 10.7. The van der Waals surface area contributed by atoms with E-state index in [1.165, 1.54) is 0 Å². The van der Waals surface area contributed by atoms with Gasteiger partial charge in [-0.05, 0) is 55.3 Å². The van der Waals surface area contributed by atoms with E-state index in [-0.39, 0.29) is 12.1 Å². The summed E-state index contributed by atoms with van der Waals surface area (Å²) in [5.41, 5.74) is 9.03. The molecule has 0 bridgehead atoms. The quantitative estimate of drug-likeness (QED) is 0.382. The van der Waals surface area contributed by atoms with Crippen LogP contribution in [-0.2, 0) is 4.74 Å². The SMILES string of the molecule is CC(C)=CC/C(F)=C(\N)C(OC(N=O)c1ccc(C#N)c(C)c1)c1ccc(Cl)cc1. The van der Waals surface area contributed by atoms with Crippen LogP contribution < -0.4 is 5.73 Å². The third kappa shape index (κ3) is 5.99. The van der Waals surface area contributed by atoms with E-state index in [2.05, 4.69) is 11.2 Å². The molecule has 2 aromatic rings. The lowest BCUT2D eigenvalue weighted by Gasteiger charge is -2.23. The van der Waals surface area contributed by atoms with Crippen LogP contribution in [0.2, 0.25) is 5.02 Å². The van der Waals surface area contributed by atoms with Crippen molar-refractivity contribution in [1.29, 1.82) is 5.26 Å². The maximum Gasteiger partial charge on any atom is 0.216 e. The van der Waals surface area contributed by atoms with Gasteiger partial charge in [0.2, 0.25) is 6.23 Å². The summed E-state index contributed by atoms with van der Waals surface area (Å²) in [7, 11) is 0. The summed E-state index contributed by atoms with van der Waals surface area (Å²) < 4.78 is 20.6. The molecule has 2 unspecified atom stereocenters. The Morgan fingerprint density at radius 1 is 1.27 bits per heavy atom. The average molecular weight is 428 g/mol. The van der Waals surface area contributed by atoms with E-state index < -0.39 is 18.2 Å². The molecule has 2 aromatic carbocycles. The number of nitrogens with zero attached hydrogens (tertiary/aromatic N) is 2. The average Bonchev–Trinajstić information content (AvgIpc) is 2.73. The van der Waals surface area contributed by atoms with Crippen LogP contribution in [0, 0.1) is 23.2 Å². The van der Waals surface area contributed by atoms with Gasteiger partial charge in [0.05, 0.1) is 17.3 Å². The normalized spacial score (nSPS) is 13.6. The Morgan fingerprint density at radius 2 is 1.90 bits per heavy atom. The fraction of sp³-hybridized carbons (Fsp3) is 0.261. The molecule has 0 saturated heterocycles. The van der Waals surface area contributed by atoms with E-state index in [4.69, 9.17) is 27.3 Å². The molecule has 0 fully saturated rings. The predicted octanol–water partition coefficient (Wildman–Crippen LogP) is 6.54. The molecule has 0 heterocycles. The molecule has 0 aliphatic heterocycles. The first kappa shape index (κ1) is 23.3. The van der Waals surface area contributed by atoms with Crippen LogP contribution in [0.3, 0.4) is 0 Å². The Kier molecular flexibility index (Phi) is 8.28. The molecule has 0 spiro atoms. The predicted molar refractivity (Wildman–Crippen MR) is 116 cm³/mol. The number of halogens is 2. The van der Waals surface area contributed by atoms with Gasteiger partial charge in [0.25, 0.3) is 0 Å². The number of aryl methyl sites for hydroxylation is 1. The maximum atomic E-state index is 14.8. The second-order valence-corrected chi connectivity index (χ2v) is 7.49. The van der Waals surface area contributed by atoms with Crippen molar-refractivity contribution < 1.29 is 9.13 Å². The molecule has 156 valence electrons. The van der Waals surface area contributed by atoms with Gasteiger partial charge in [-0.15, -0.1) is 4.91 Å². The lowest BCUT2D eigenvalue weighted by molar-refractivity contribution is 0.00676. The summed E-state index contributed by atoms with van der Waals surface area (Å²) in [5, 5.41) is 12.7. The van der Waals surface area contributed by atoms with E-state index in [9.17, 15) is 9.30 Å². The number of rotatable bonds is 8. The van der Waals surface area contributed by atoms with Crippen LogP contribution in [0.5, 0.6) is 0 Å². The molecule has 0 aromatic heterocycles. The summed E-state index contributed by atoms with van der Waals surface area (Å²) in [6.45, 7) is 5.46. The number of benzene rings is 2. The van der Waals surface area contributed by atoms with Crippen LogP contribution in [0.4, 0.5) is 4.39 Å². The summed E-state index contributed by atoms with van der Waals surface area (Å²) in [6, 6.07) is 13.4. The highest BCUT2D eigenvalue weighted by Gasteiger charge is 2.25. The van der Waals surface area contributed by atoms with Crippen LogP contribution in [0.1, 0.15) is 54.9 Å². The van der Waals surface area contributed by atoms with Crippen molar-refractivity contribution in [3.05, 3.63) is 97.8 Å². The van der Waals surface area contributed by atoms with Crippen LogP contribution in [0.15, 0.2) is 70.8 Å². The summed E-state index contributed by atoms with van der Waals surface area (Å²) in [5.74, 6) is -0.559. The number of nitroso groups, excluding NO2 is 1. The topological polar surface area (TPSA) is 88.5 Å². The first-order valence-electron chi connectivity index (χ1n) is 9.28. The van der Waals surface area contributed by atoms with Crippen molar-refractivity contribution in [2.75, 3.05) is 0 Å².